The Morgan fingerprint density at radius 2 is 1.64 bits per heavy atom. The molecule has 7 N–H and O–H groups in total. The minimum absolute atomic E-state index is 0.0383. The van der Waals surface area contributed by atoms with Crippen molar-refractivity contribution in [3.05, 3.63) is 130 Å². The highest BCUT2D eigenvalue weighted by atomic mass is 32.2. The highest BCUT2D eigenvalue weighted by molar-refractivity contribution is 7.89. The number of amides is 6. The van der Waals surface area contributed by atoms with Gasteiger partial charge in [-0.15, -0.1) is 22.7 Å². The molecule has 0 bridgehead atoms. The summed E-state index contributed by atoms with van der Waals surface area (Å²) in [5.41, 5.74) is 5.89. The molecular formula is C54H64N10O11S3. The van der Waals surface area contributed by atoms with Crippen LogP contribution in [0.4, 0.5) is 5.13 Å². The predicted molar refractivity (Wildman–Crippen MR) is 295 cm³/mol. The number of carboxylic acid groups (broad SMARTS) is 1. The van der Waals surface area contributed by atoms with Crippen LogP contribution < -0.4 is 26.6 Å². The molecule has 8 rings (SSSR count). The van der Waals surface area contributed by atoms with Gasteiger partial charge in [0.15, 0.2) is 5.13 Å². The molecule has 78 heavy (non-hydrogen) atoms. The van der Waals surface area contributed by atoms with Crippen molar-refractivity contribution in [2.24, 2.45) is 11.3 Å². The van der Waals surface area contributed by atoms with E-state index >= 15 is 0 Å². The number of aromatic nitrogens is 3. The monoisotopic (exact) mass is 1120 g/mol. The number of thiazole rings is 2. The maximum atomic E-state index is 14.2. The Hall–Kier alpha value is -7.38. The first-order valence-corrected chi connectivity index (χ1v) is 28.7. The summed E-state index contributed by atoms with van der Waals surface area (Å²) in [5, 5.41) is 33.9. The molecule has 2 saturated heterocycles. The molecule has 1 aliphatic carbocycles. The fraction of sp³-hybridized carbons (Fsp3) is 0.389. The number of nitrogens with zero attached hydrogens (tertiary/aromatic N) is 5. The summed E-state index contributed by atoms with van der Waals surface area (Å²) in [6.45, 7) is 8.42. The lowest BCUT2D eigenvalue weighted by molar-refractivity contribution is -0.144. The van der Waals surface area contributed by atoms with Crippen molar-refractivity contribution < 1.29 is 52.2 Å². The number of benzene rings is 2. The Labute approximate surface area is 460 Å². The Bertz CT molecular complexity index is 3160. The number of carbonyl (C=O) groups is 7. The van der Waals surface area contributed by atoms with Crippen molar-refractivity contribution in [1.29, 1.82) is 0 Å². The van der Waals surface area contributed by atoms with E-state index in [4.69, 9.17) is 14.9 Å². The van der Waals surface area contributed by atoms with E-state index in [0.29, 0.717) is 31.7 Å². The van der Waals surface area contributed by atoms with Gasteiger partial charge in [-0.25, -0.2) is 18.4 Å². The number of rotatable bonds is 19. The lowest BCUT2D eigenvalue weighted by atomic mass is 9.74. The zero-order chi connectivity index (χ0) is 56.4. The van der Waals surface area contributed by atoms with Crippen LogP contribution in [-0.4, -0.2) is 148 Å². The van der Waals surface area contributed by atoms with Gasteiger partial charge in [0.25, 0.3) is 12.4 Å². The molecule has 5 aromatic rings. The second-order valence-electron chi connectivity index (χ2n) is 20.5. The minimum Gasteiger partial charge on any atom is -0.483 e. The first-order chi connectivity index (χ1) is 37.1. The summed E-state index contributed by atoms with van der Waals surface area (Å²) >= 11 is 2.76. The van der Waals surface area contributed by atoms with E-state index in [9.17, 15) is 42.3 Å². The number of carbonyl (C=O) groups excluding carboxylic acids is 6. The number of β-amino-alcohol motifs (C(OH)–C–C–N with tert-alkyl or cyclic N) is 1. The van der Waals surface area contributed by atoms with Gasteiger partial charge in [-0.1, -0.05) is 93.6 Å². The van der Waals surface area contributed by atoms with Crippen LogP contribution >= 0.6 is 22.7 Å². The molecule has 2 aromatic carbocycles. The summed E-state index contributed by atoms with van der Waals surface area (Å²) in [4.78, 5) is 103. The van der Waals surface area contributed by atoms with E-state index in [1.54, 1.807) is 16.8 Å². The fourth-order valence-electron chi connectivity index (χ4n) is 9.33. The van der Waals surface area contributed by atoms with Crippen LogP contribution in [0.3, 0.4) is 0 Å². The van der Waals surface area contributed by atoms with Crippen LogP contribution in [0.25, 0.3) is 16.0 Å². The molecule has 0 saturated carbocycles. The van der Waals surface area contributed by atoms with E-state index in [-0.39, 0.29) is 79.8 Å². The minimum atomic E-state index is -3.58. The van der Waals surface area contributed by atoms with Gasteiger partial charge >= 0.3 is 0 Å². The quantitative estimate of drug-likeness (QED) is 0.0580. The average molecular weight is 1130 g/mol. The second kappa shape index (κ2) is 25.4. The van der Waals surface area contributed by atoms with Crippen molar-refractivity contribution in [2.75, 3.05) is 50.8 Å². The summed E-state index contributed by atoms with van der Waals surface area (Å²) in [6.07, 6.45) is 9.12. The summed E-state index contributed by atoms with van der Waals surface area (Å²) < 4.78 is 24.5. The molecular weight excluding hydrogens is 1060 g/mol. The molecule has 21 nitrogen and oxygen atoms in total. The van der Waals surface area contributed by atoms with Crippen LogP contribution in [-0.2, 0) is 50.8 Å². The molecule has 4 atom stereocenters. The van der Waals surface area contributed by atoms with E-state index in [1.165, 1.54) is 34.7 Å². The van der Waals surface area contributed by atoms with Crippen LogP contribution in [0.5, 0.6) is 0 Å². The fourth-order valence-corrected chi connectivity index (χ4v) is 11.6. The van der Waals surface area contributed by atoms with E-state index in [0.717, 1.165) is 43.1 Å². The van der Waals surface area contributed by atoms with Crippen molar-refractivity contribution in [3.8, 4) is 10.4 Å². The van der Waals surface area contributed by atoms with E-state index in [1.807, 2.05) is 111 Å². The van der Waals surface area contributed by atoms with Gasteiger partial charge in [-0.05, 0) is 47.1 Å². The third-order valence-corrected chi connectivity index (χ3v) is 16.3. The molecule has 0 radical (unpaired) electrons. The normalized spacial score (nSPS) is 18.8. The van der Waals surface area contributed by atoms with Gasteiger partial charge in [0, 0.05) is 69.9 Å². The van der Waals surface area contributed by atoms with Gasteiger partial charge < -0.3 is 46.6 Å². The van der Waals surface area contributed by atoms with Crippen molar-refractivity contribution in [3.63, 3.8) is 0 Å². The molecule has 0 spiro atoms. The Balaban J connectivity index is 0.00000287. The zero-order valence-corrected chi connectivity index (χ0v) is 46.3. The second-order valence-corrected chi connectivity index (χ2v) is 24.1. The highest BCUT2D eigenvalue weighted by Gasteiger charge is 2.45. The third-order valence-electron chi connectivity index (χ3n) is 13.6. The first-order valence-electron chi connectivity index (χ1n) is 25.1. The number of hydrogen-bond acceptors (Lipinski definition) is 15. The summed E-state index contributed by atoms with van der Waals surface area (Å²) in [7, 11) is -3.58. The van der Waals surface area contributed by atoms with Gasteiger partial charge in [0.2, 0.25) is 39.6 Å². The van der Waals surface area contributed by atoms with Crippen LogP contribution in [0.2, 0.25) is 0 Å². The Kier molecular flexibility index (Phi) is 19.0. The third kappa shape index (κ3) is 14.8. The zero-order valence-electron chi connectivity index (χ0n) is 43.8. The van der Waals surface area contributed by atoms with Gasteiger partial charge in [0.1, 0.15) is 12.1 Å². The van der Waals surface area contributed by atoms with E-state index in [2.05, 4.69) is 31.6 Å². The molecule has 5 heterocycles. The number of anilines is 1. The maximum Gasteiger partial charge on any atom is 0.290 e. The standard InChI is InChI=1S/C53H62N10O9S3.CH2O2/c1-33-45(74-32-57-33)36-15-13-34(14-16-36)24-54-49(69)41-22-40(64)29-63(41)50(70)46(52(2,3)4)59-43(65)18-20-61-26-39(27-61)48(68)56-31-53(19-9-12-37(23-53)35-10-7-6-8-11-35)42-30-73-51(58-42)60-44(66)25-55-47(67)38-17-21-62(28-38)75(5,71)72;2-1-3/h6-17,19,21,28,30,32,39-41,46,64H,18,20,22-27,29,31H2,1-5H3,(H,54,69)(H,55,67)(H,56,68)(H,59,65)(H,58,60,66);1H,(H,2,3)/t40-,41+,46?,53?;/m1./s1. The molecule has 414 valence electrons. The van der Waals surface area contributed by atoms with Crippen LogP contribution in [0.1, 0.15) is 72.9 Å². The molecule has 2 aliphatic heterocycles. The molecule has 6 amide bonds. The Morgan fingerprint density at radius 1 is 0.923 bits per heavy atom. The SMILES string of the molecule is Cc1ncsc1-c1ccc(CNC(=O)[C@@H]2C[C@@H](O)CN2C(=O)C(NC(=O)CCN2CC(C(=O)NCC3(c4csc(NC(=O)CNC(=O)c5ccn(S(C)(=O)=O)c5)n4)C=CC=C(c4ccccc4)C3)C2)C(C)(C)C)cc1.O=CO. The molecule has 24 heteroatoms. The van der Waals surface area contributed by atoms with Gasteiger partial charge in [-0.2, -0.15) is 0 Å². The van der Waals surface area contributed by atoms with E-state index < -0.39 is 56.8 Å². The average Bonchev–Trinajstić information content (AvgIpc) is 4.25. The summed E-state index contributed by atoms with van der Waals surface area (Å²) in [5.74, 6) is -2.85. The first kappa shape index (κ1) is 58.3. The van der Waals surface area contributed by atoms with Crippen molar-refractivity contribution >= 4 is 85.3 Å². The number of aryl methyl sites for hydroxylation is 1. The molecule has 3 aliphatic rings. The lowest BCUT2D eigenvalue weighted by Crippen LogP contribution is -2.58. The Morgan fingerprint density at radius 3 is 2.29 bits per heavy atom. The van der Waals surface area contributed by atoms with Crippen molar-refractivity contribution in [1.82, 2.24) is 45.0 Å². The van der Waals surface area contributed by atoms with Crippen molar-refractivity contribution in [2.45, 2.75) is 77.1 Å². The van der Waals surface area contributed by atoms with Gasteiger partial charge in [-0.3, -0.25) is 37.5 Å². The smallest absolute Gasteiger partial charge is 0.290 e. The number of aliphatic hydroxyl groups is 1. The topological polar surface area (TPSA) is 291 Å². The van der Waals surface area contributed by atoms with Gasteiger partial charge in [0.05, 0.1) is 57.6 Å². The number of likely N-dealkylation sites (tertiary alicyclic amines) is 2. The maximum absolute atomic E-state index is 14.2. The molecule has 3 aromatic heterocycles. The highest BCUT2D eigenvalue weighted by Crippen LogP contribution is 2.40. The largest absolute Gasteiger partial charge is 0.483 e. The number of allylic oxidation sites excluding steroid dienone is 3. The number of nitrogens with one attached hydrogen (secondary N) is 5. The van der Waals surface area contributed by atoms with Crippen LogP contribution in [0.15, 0.2) is 102 Å². The summed E-state index contributed by atoms with van der Waals surface area (Å²) in [6, 6.07) is 17.1. The number of hydrogen-bond donors (Lipinski definition) is 7. The predicted octanol–water partition coefficient (Wildman–Crippen LogP) is 3.78. The molecule has 2 fully saturated rings. The number of aliphatic hydroxyl groups excluding tert-OH is 1. The molecule has 2 unspecified atom stereocenters. The van der Waals surface area contributed by atoms with Crippen LogP contribution in [0, 0.1) is 18.3 Å². The lowest BCUT2D eigenvalue weighted by Gasteiger charge is -2.39.